The van der Waals surface area contributed by atoms with Gasteiger partial charge in [-0.05, 0) is 42.0 Å². The van der Waals surface area contributed by atoms with E-state index < -0.39 is 17.8 Å². The maximum absolute atomic E-state index is 11.8. The molecule has 6 nitrogen and oxygen atoms in total. The molecule has 0 bridgehead atoms. The Morgan fingerprint density at radius 3 is 1.48 bits per heavy atom. The maximum Gasteiger partial charge on any atom is 1.00 e. The number of halogens is 1. The minimum atomic E-state index is -1.33. The van der Waals surface area contributed by atoms with Crippen molar-refractivity contribution in [3.05, 3.63) is 70.2 Å². The summed E-state index contributed by atoms with van der Waals surface area (Å²) in [6, 6.07) is 11.2. The van der Waals surface area contributed by atoms with Crippen molar-refractivity contribution in [2.24, 2.45) is 0 Å². The van der Waals surface area contributed by atoms with Gasteiger partial charge in [-0.2, -0.15) is 0 Å². The van der Waals surface area contributed by atoms with Gasteiger partial charge < -0.3 is 9.90 Å². The van der Waals surface area contributed by atoms with Gasteiger partial charge in [-0.1, -0.05) is 23.7 Å². The molecule has 0 heterocycles. The zero-order chi connectivity index (χ0) is 16.1. The first kappa shape index (κ1) is 19.2. The van der Waals surface area contributed by atoms with Crippen LogP contribution >= 0.6 is 11.6 Å². The van der Waals surface area contributed by atoms with Crippen LogP contribution in [0.25, 0.3) is 0 Å². The van der Waals surface area contributed by atoms with E-state index in [4.69, 9.17) is 11.6 Å². The second kappa shape index (κ2) is 8.69. The number of hydrazine groups is 1. The Bertz CT molecular complexity index is 717. The molecule has 8 heteroatoms. The smallest absolute Gasteiger partial charge is 0.545 e. The number of carbonyl (C=O) groups is 3. The van der Waals surface area contributed by atoms with E-state index in [1.165, 1.54) is 36.4 Å². The fourth-order valence-electron chi connectivity index (χ4n) is 1.62. The molecule has 23 heavy (non-hydrogen) atoms. The summed E-state index contributed by atoms with van der Waals surface area (Å²) in [6.45, 7) is 0. The van der Waals surface area contributed by atoms with Gasteiger partial charge in [0, 0.05) is 16.1 Å². The van der Waals surface area contributed by atoms with E-state index in [0.717, 1.165) is 0 Å². The van der Waals surface area contributed by atoms with Crippen molar-refractivity contribution in [3.63, 3.8) is 0 Å². The molecule has 2 aromatic carbocycles. The van der Waals surface area contributed by atoms with Gasteiger partial charge in [-0.3, -0.25) is 20.4 Å². The van der Waals surface area contributed by atoms with E-state index in [-0.39, 0.29) is 40.7 Å². The monoisotopic (exact) mass is 340 g/mol. The summed E-state index contributed by atoms with van der Waals surface area (Å²) in [7, 11) is 0. The largest absolute Gasteiger partial charge is 1.00 e. The predicted molar refractivity (Wildman–Crippen MR) is 77.2 cm³/mol. The summed E-state index contributed by atoms with van der Waals surface area (Å²) < 4.78 is 0. The van der Waals surface area contributed by atoms with E-state index in [0.29, 0.717) is 10.6 Å². The van der Waals surface area contributed by atoms with Crippen molar-refractivity contribution in [1.82, 2.24) is 10.9 Å². The molecule has 2 amide bonds. The number of nitrogens with one attached hydrogen (secondary N) is 2. The van der Waals surface area contributed by atoms with Crippen LogP contribution in [-0.2, 0) is 0 Å². The molecule has 0 spiro atoms. The van der Waals surface area contributed by atoms with Gasteiger partial charge in [-0.15, -0.1) is 0 Å². The minimum Gasteiger partial charge on any atom is -0.545 e. The third-order valence-electron chi connectivity index (χ3n) is 2.78. The minimum absolute atomic E-state index is 0. The van der Waals surface area contributed by atoms with Gasteiger partial charge in [0.15, 0.2) is 0 Å². The van der Waals surface area contributed by atoms with Crippen molar-refractivity contribution in [2.75, 3.05) is 0 Å². The second-order valence-corrected chi connectivity index (χ2v) is 4.72. The topological polar surface area (TPSA) is 98.3 Å². The third kappa shape index (κ3) is 5.37. The molecule has 2 aromatic rings. The zero-order valence-corrected chi connectivity index (χ0v) is 14.9. The number of aromatic carboxylic acids is 1. The molecule has 2 rings (SSSR count). The molecular weight excluding hydrogens is 331 g/mol. The van der Waals surface area contributed by atoms with Crippen LogP contribution in [0.15, 0.2) is 48.5 Å². The zero-order valence-electron chi connectivity index (χ0n) is 12.1. The quantitative estimate of drug-likeness (QED) is 0.488. The van der Waals surface area contributed by atoms with Gasteiger partial charge >= 0.3 is 29.6 Å². The number of carbonyl (C=O) groups excluding carboxylic acids is 3. The Morgan fingerprint density at radius 1 is 0.739 bits per heavy atom. The van der Waals surface area contributed by atoms with Crippen LogP contribution in [0, 0.1) is 0 Å². The van der Waals surface area contributed by atoms with Gasteiger partial charge in [0.05, 0.1) is 5.97 Å². The summed E-state index contributed by atoms with van der Waals surface area (Å²) in [5, 5.41) is 11.1. The normalized spacial score (nSPS) is 9.43. The Morgan fingerprint density at radius 2 is 1.09 bits per heavy atom. The van der Waals surface area contributed by atoms with Crippen LogP contribution in [0.5, 0.6) is 0 Å². The van der Waals surface area contributed by atoms with Crippen LogP contribution in [0.2, 0.25) is 5.02 Å². The first-order valence-electron chi connectivity index (χ1n) is 6.15. The number of benzene rings is 2. The Labute approximate surface area is 159 Å². The summed E-state index contributed by atoms with van der Waals surface area (Å²) in [6.07, 6.45) is 0. The average molecular weight is 341 g/mol. The Balaban J connectivity index is 0.00000264. The number of rotatable bonds is 3. The third-order valence-corrected chi connectivity index (χ3v) is 3.03. The molecule has 0 aliphatic carbocycles. The molecule has 0 unspecified atom stereocenters. The first-order chi connectivity index (χ1) is 10.5. The molecule has 0 aliphatic heterocycles. The molecule has 0 atom stereocenters. The van der Waals surface area contributed by atoms with E-state index in [2.05, 4.69) is 10.9 Å². The van der Waals surface area contributed by atoms with E-state index in [1.54, 1.807) is 12.1 Å². The van der Waals surface area contributed by atoms with Crippen molar-refractivity contribution in [2.45, 2.75) is 0 Å². The molecule has 112 valence electrons. The summed E-state index contributed by atoms with van der Waals surface area (Å²) in [5.41, 5.74) is 4.96. The standard InChI is InChI=1S/C15H11ClN2O4.Na/c16-12-7-5-10(6-8-12)14(20)18-17-13(19)9-1-3-11(4-2-9)15(21)22;/h1-8H,(H,17,19)(H,18,20)(H,21,22);/q;+1/p-1. The molecule has 0 aromatic heterocycles. The van der Waals surface area contributed by atoms with Crippen molar-refractivity contribution in [3.8, 4) is 0 Å². The van der Waals surface area contributed by atoms with E-state index in [1.807, 2.05) is 0 Å². The van der Waals surface area contributed by atoms with Crippen LogP contribution in [-0.4, -0.2) is 17.8 Å². The summed E-state index contributed by atoms with van der Waals surface area (Å²) in [5.74, 6) is -2.41. The SMILES string of the molecule is O=C([O-])c1ccc(C(=O)NNC(=O)c2ccc(Cl)cc2)cc1.[Na+]. The van der Waals surface area contributed by atoms with Crippen molar-refractivity contribution >= 4 is 29.4 Å². The number of carboxylic acid groups (broad SMARTS) is 1. The molecule has 0 saturated carbocycles. The van der Waals surface area contributed by atoms with Crippen LogP contribution < -0.4 is 45.5 Å². The van der Waals surface area contributed by atoms with Gasteiger partial charge in [-0.25, -0.2) is 0 Å². The molecule has 0 aliphatic rings. The second-order valence-electron chi connectivity index (χ2n) is 4.28. The van der Waals surface area contributed by atoms with Crippen molar-refractivity contribution < 1.29 is 49.0 Å². The Hall–Kier alpha value is -1.86. The summed E-state index contributed by atoms with van der Waals surface area (Å²) in [4.78, 5) is 34.2. The maximum atomic E-state index is 11.8. The van der Waals surface area contributed by atoms with E-state index >= 15 is 0 Å². The fraction of sp³-hybridized carbons (Fsp3) is 0. The molecule has 0 fully saturated rings. The number of carboxylic acids is 1. The van der Waals surface area contributed by atoms with Gasteiger partial charge in [0.2, 0.25) is 0 Å². The average Bonchev–Trinajstić information content (AvgIpc) is 2.53. The molecule has 0 saturated heterocycles. The number of hydrogen-bond donors (Lipinski definition) is 2. The van der Waals surface area contributed by atoms with E-state index in [9.17, 15) is 19.5 Å². The van der Waals surface area contributed by atoms with Crippen LogP contribution in [0.1, 0.15) is 31.1 Å². The van der Waals surface area contributed by atoms with Crippen LogP contribution in [0.3, 0.4) is 0 Å². The van der Waals surface area contributed by atoms with Gasteiger partial charge in [0.1, 0.15) is 0 Å². The number of amides is 2. The fourth-order valence-corrected chi connectivity index (χ4v) is 1.74. The predicted octanol–water partition coefficient (Wildman–Crippen LogP) is -2.22. The molecule has 0 radical (unpaired) electrons. The Kier molecular flexibility index (Phi) is 7.25. The summed E-state index contributed by atoms with van der Waals surface area (Å²) >= 11 is 5.71. The number of hydrogen-bond acceptors (Lipinski definition) is 4. The molecular formula is C15H10ClN2NaO4. The van der Waals surface area contributed by atoms with Gasteiger partial charge in [0.25, 0.3) is 11.8 Å². The molecule has 2 N–H and O–H groups in total. The van der Waals surface area contributed by atoms with Crippen molar-refractivity contribution in [1.29, 1.82) is 0 Å². The first-order valence-corrected chi connectivity index (χ1v) is 6.53. The van der Waals surface area contributed by atoms with Crippen LogP contribution in [0.4, 0.5) is 0 Å².